The number of urea groups is 1. The SMILES string of the molecule is CCCC(O)CNCC(=O)NC(N)=O. The van der Waals surface area contributed by atoms with E-state index in [2.05, 4.69) is 5.32 Å². The molecule has 0 aromatic carbocycles. The third-order valence-electron chi connectivity index (χ3n) is 1.55. The monoisotopic (exact) mass is 203 g/mol. The number of nitrogens with one attached hydrogen (secondary N) is 2. The summed E-state index contributed by atoms with van der Waals surface area (Å²) in [7, 11) is 0. The molecule has 0 aromatic heterocycles. The van der Waals surface area contributed by atoms with Gasteiger partial charge in [0.05, 0.1) is 12.6 Å². The van der Waals surface area contributed by atoms with Crippen molar-refractivity contribution in [3.63, 3.8) is 0 Å². The maximum Gasteiger partial charge on any atom is 0.318 e. The summed E-state index contributed by atoms with van der Waals surface area (Å²) in [4.78, 5) is 21.1. The molecule has 3 amide bonds. The lowest BCUT2D eigenvalue weighted by Crippen LogP contribution is -2.42. The summed E-state index contributed by atoms with van der Waals surface area (Å²) in [5.74, 6) is -0.499. The van der Waals surface area contributed by atoms with E-state index in [1.54, 1.807) is 0 Å². The first kappa shape index (κ1) is 12.9. The Morgan fingerprint density at radius 2 is 2.14 bits per heavy atom. The van der Waals surface area contributed by atoms with Gasteiger partial charge in [0.1, 0.15) is 0 Å². The van der Waals surface area contributed by atoms with E-state index in [1.807, 2.05) is 12.2 Å². The normalized spacial score (nSPS) is 12.1. The summed E-state index contributed by atoms with van der Waals surface area (Å²) < 4.78 is 0. The molecule has 6 nitrogen and oxygen atoms in total. The Morgan fingerprint density at radius 3 is 2.64 bits per heavy atom. The Balaban J connectivity index is 3.44. The Labute approximate surface area is 82.9 Å². The number of carbonyl (C=O) groups excluding carboxylic acids is 2. The van der Waals surface area contributed by atoms with Crippen LogP contribution in [0.15, 0.2) is 0 Å². The fourth-order valence-corrected chi connectivity index (χ4v) is 0.969. The van der Waals surface area contributed by atoms with Crippen LogP contribution in [0.2, 0.25) is 0 Å². The van der Waals surface area contributed by atoms with Crippen LogP contribution in [0.5, 0.6) is 0 Å². The molecule has 0 bridgehead atoms. The fraction of sp³-hybridized carbons (Fsp3) is 0.750. The first-order chi connectivity index (χ1) is 6.56. The van der Waals surface area contributed by atoms with Crippen molar-refractivity contribution in [3.8, 4) is 0 Å². The Bertz CT molecular complexity index is 196. The lowest BCUT2D eigenvalue weighted by atomic mass is 10.2. The van der Waals surface area contributed by atoms with Crippen molar-refractivity contribution in [2.24, 2.45) is 5.73 Å². The van der Waals surface area contributed by atoms with E-state index in [0.29, 0.717) is 13.0 Å². The number of aliphatic hydroxyl groups excluding tert-OH is 1. The minimum atomic E-state index is -0.870. The van der Waals surface area contributed by atoms with E-state index in [1.165, 1.54) is 0 Å². The van der Waals surface area contributed by atoms with Gasteiger partial charge < -0.3 is 16.2 Å². The zero-order valence-electron chi connectivity index (χ0n) is 8.25. The third-order valence-corrected chi connectivity index (χ3v) is 1.55. The third kappa shape index (κ3) is 7.51. The molecule has 82 valence electrons. The van der Waals surface area contributed by atoms with Crippen LogP contribution in [0.1, 0.15) is 19.8 Å². The van der Waals surface area contributed by atoms with Crippen LogP contribution in [0.25, 0.3) is 0 Å². The molecule has 0 radical (unpaired) electrons. The molecular weight excluding hydrogens is 186 g/mol. The maximum absolute atomic E-state index is 10.8. The van der Waals surface area contributed by atoms with Gasteiger partial charge >= 0.3 is 6.03 Å². The molecule has 14 heavy (non-hydrogen) atoms. The molecule has 0 heterocycles. The van der Waals surface area contributed by atoms with Gasteiger partial charge in [0, 0.05) is 6.54 Å². The fourth-order valence-electron chi connectivity index (χ4n) is 0.969. The number of rotatable bonds is 6. The summed E-state index contributed by atoms with van der Waals surface area (Å²) in [6.45, 7) is 2.27. The van der Waals surface area contributed by atoms with Gasteiger partial charge in [-0.1, -0.05) is 13.3 Å². The largest absolute Gasteiger partial charge is 0.392 e. The molecule has 0 saturated carbocycles. The van der Waals surface area contributed by atoms with E-state index in [4.69, 9.17) is 5.73 Å². The van der Waals surface area contributed by atoms with Gasteiger partial charge in [-0.25, -0.2) is 4.79 Å². The molecule has 0 rings (SSSR count). The zero-order valence-corrected chi connectivity index (χ0v) is 8.25. The molecule has 6 heteroatoms. The lowest BCUT2D eigenvalue weighted by molar-refractivity contribution is -0.119. The molecule has 0 aromatic rings. The average molecular weight is 203 g/mol. The summed E-state index contributed by atoms with van der Waals surface area (Å²) in [6, 6.07) is -0.870. The topological polar surface area (TPSA) is 104 Å². The van der Waals surface area contributed by atoms with E-state index < -0.39 is 18.0 Å². The highest BCUT2D eigenvalue weighted by atomic mass is 16.3. The van der Waals surface area contributed by atoms with Crippen LogP contribution in [0.3, 0.4) is 0 Å². The van der Waals surface area contributed by atoms with E-state index in [9.17, 15) is 14.7 Å². The molecule has 0 saturated heterocycles. The van der Waals surface area contributed by atoms with Crippen molar-refractivity contribution in [3.05, 3.63) is 0 Å². The molecule has 1 unspecified atom stereocenters. The van der Waals surface area contributed by atoms with Crippen molar-refractivity contribution in [1.82, 2.24) is 10.6 Å². The highest BCUT2D eigenvalue weighted by Gasteiger charge is 2.05. The minimum absolute atomic E-state index is 0.0241. The summed E-state index contributed by atoms with van der Waals surface area (Å²) in [6.07, 6.45) is 1.11. The van der Waals surface area contributed by atoms with Crippen molar-refractivity contribution < 1.29 is 14.7 Å². The van der Waals surface area contributed by atoms with Crippen LogP contribution in [-0.2, 0) is 4.79 Å². The van der Waals surface area contributed by atoms with Crippen LogP contribution in [0, 0.1) is 0 Å². The number of carbonyl (C=O) groups is 2. The number of imide groups is 1. The van der Waals surface area contributed by atoms with Crippen molar-refractivity contribution in [2.75, 3.05) is 13.1 Å². The van der Waals surface area contributed by atoms with Gasteiger partial charge in [0.2, 0.25) is 5.91 Å². The molecule has 0 aliphatic heterocycles. The Hall–Kier alpha value is -1.14. The molecular formula is C8H17N3O3. The van der Waals surface area contributed by atoms with Crippen LogP contribution < -0.4 is 16.4 Å². The van der Waals surface area contributed by atoms with E-state index >= 15 is 0 Å². The van der Waals surface area contributed by atoms with Crippen LogP contribution >= 0.6 is 0 Å². The van der Waals surface area contributed by atoms with Crippen LogP contribution in [-0.4, -0.2) is 36.2 Å². The summed E-state index contributed by atoms with van der Waals surface area (Å²) in [5, 5.41) is 13.9. The smallest absolute Gasteiger partial charge is 0.318 e. The molecule has 0 fully saturated rings. The second kappa shape index (κ2) is 7.28. The predicted molar refractivity (Wildman–Crippen MR) is 51.5 cm³/mol. The lowest BCUT2D eigenvalue weighted by Gasteiger charge is -2.09. The molecule has 5 N–H and O–H groups in total. The standard InChI is InChI=1S/C8H17N3O3/c1-2-3-6(12)4-10-5-7(13)11-8(9)14/h6,10,12H,2-5H2,1H3,(H3,9,11,13,14). The van der Waals surface area contributed by atoms with E-state index in [-0.39, 0.29) is 6.54 Å². The number of primary amides is 1. The second-order valence-corrected chi connectivity index (χ2v) is 2.99. The number of amides is 3. The van der Waals surface area contributed by atoms with Crippen molar-refractivity contribution in [1.29, 1.82) is 0 Å². The Kier molecular flexibility index (Phi) is 6.69. The number of hydrogen-bond acceptors (Lipinski definition) is 4. The number of aliphatic hydroxyl groups is 1. The van der Waals surface area contributed by atoms with Gasteiger partial charge in [0.25, 0.3) is 0 Å². The molecule has 0 aliphatic rings. The average Bonchev–Trinajstić information content (AvgIpc) is 2.02. The van der Waals surface area contributed by atoms with Crippen molar-refractivity contribution >= 4 is 11.9 Å². The first-order valence-electron chi connectivity index (χ1n) is 4.54. The van der Waals surface area contributed by atoms with Crippen LogP contribution in [0.4, 0.5) is 4.79 Å². The van der Waals surface area contributed by atoms with Gasteiger partial charge in [-0.2, -0.15) is 0 Å². The summed E-state index contributed by atoms with van der Waals surface area (Å²) >= 11 is 0. The molecule has 0 aliphatic carbocycles. The number of nitrogens with two attached hydrogens (primary N) is 1. The Morgan fingerprint density at radius 1 is 1.50 bits per heavy atom. The maximum atomic E-state index is 10.8. The van der Waals surface area contributed by atoms with Gasteiger partial charge in [0.15, 0.2) is 0 Å². The first-order valence-corrected chi connectivity index (χ1v) is 4.54. The highest BCUT2D eigenvalue weighted by molar-refractivity contribution is 5.94. The minimum Gasteiger partial charge on any atom is -0.392 e. The quantitative estimate of drug-likeness (QED) is 0.441. The molecule has 1 atom stereocenters. The zero-order chi connectivity index (χ0) is 11.0. The van der Waals surface area contributed by atoms with Gasteiger partial charge in [-0.05, 0) is 6.42 Å². The van der Waals surface area contributed by atoms with Gasteiger partial charge in [-0.15, -0.1) is 0 Å². The second-order valence-electron chi connectivity index (χ2n) is 2.99. The van der Waals surface area contributed by atoms with Gasteiger partial charge in [-0.3, -0.25) is 10.1 Å². The number of hydrogen-bond donors (Lipinski definition) is 4. The molecule has 0 spiro atoms. The van der Waals surface area contributed by atoms with Crippen molar-refractivity contribution in [2.45, 2.75) is 25.9 Å². The highest BCUT2D eigenvalue weighted by Crippen LogP contribution is 1.93. The predicted octanol–water partition coefficient (Wildman–Crippen LogP) is -1.07. The van der Waals surface area contributed by atoms with E-state index in [0.717, 1.165) is 6.42 Å². The summed E-state index contributed by atoms with van der Waals surface area (Å²) in [5.41, 5.74) is 4.72.